The lowest BCUT2D eigenvalue weighted by Crippen LogP contribution is -2.23. The van der Waals surface area contributed by atoms with Gasteiger partial charge in [0.1, 0.15) is 5.56 Å². The minimum atomic E-state index is -4.78. The van der Waals surface area contributed by atoms with Crippen molar-refractivity contribution in [2.45, 2.75) is 19.2 Å². The van der Waals surface area contributed by atoms with Crippen LogP contribution in [0.3, 0.4) is 0 Å². The van der Waals surface area contributed by atoms with Crippen LogP contribution in [-0.2, 0) is 6.18 Å². The number of urea groups is 1. The monoisotopic (exact) mass is 467 g/mol. The number of carbonyl (C=O) groups excluding carboxylic acids is 1. The summed E-state index contributed by atoms with van der Waals surface area (Å²) in [6.07, 6.45) is -1.15. The third kappa shape index (κ3) is 4.17. The van der Waals surface area contributed by atoms with Gasteiger partial charge in [-0.3, -0.25) is 0 Å². The molecule has 0 aromatic carbocycles. The van der Waals surface area contributed by atoms with E-state index in [-0.39, 0.29) is 22.2 Å². The number of anilines is 2. The SMILES string of the molecule is CC(O)c1c(NC(=O)Nc2cnc(-n3nccn3)c(C(F)(F)F)c2)cnc2cc(Cl)nn12. The van der Waals surface area contributed by atoms with Gasteiger partial charge in [0.2, 0.25) is 0 Å². The maximum atomic E-state index is 13.5. The molecule has 166 valence electrons. The highest BCUT2D eigenvalue weighted by atomic mass is 35.5. The van der Waals surface area contributed by atoms with Gasteiger partial charge in [0, 0.05) is 6.07 Å². The summed E-state index contributed by atoms with van der Waals surface area (Å²) in [5.41, 5.74) is -0.804. The molecule has 15 heteroatoms. The molecule has 0 aliphatic carbocycles. The van der Waals surface area contributed by atoms with Crippen molar-refractivity contribution < 1.29 is 23.1 Å². The van der Waals surface area contributed by atoms with Crippen molar-refractivity contribution in [3.8, 4) is 5.82 Å². The minimum Gasteiger partial charge on any atom is -0.387 e. The summed E-state index contributed by atoms with van der Waals surface area (Å²) in [5.74, 6) is -0.546. The standard InChI is InChI=1S/C17H13ClF3N9O2/c1-8(31)14-11(7-22-13-5-12(18)28-29(13)14)27-16(32)26-9-4-10(17(19,20)21)15(23-6-9)30-24-2-3-25-30/h2-8,31H,1H3,(H2,26,27,32). The fraction of sp³-hybridized carbons (Fsp3) is 0.176. The molecule has 0 saturated carbocycles. The Morgan fingerprint density at radius 1 is 1.16 bits per heavy atom. The number of fused-ring (bicyclic) bond motifs is 1. The number of amides is 2. The highest BCUT2D eigenvalue weighted by Crippen LogP contribution is 2.34. The average Bonchev–Trinajstić information content (AvgIpc) is 3.35. The van der Waals surface area contributed by atoms with Crippen LogP contribution in [0, 0.1) is 0 Å². The van der Waals surface area contributed by atoms with Gasteiger partial charge in [-0.15, -0.1) is 4.80 Å². The Kier molecular flexibility index (Phi) is 5.40. The van der Waals surface area contributed by atoms with Crippen molar-refractivity contribution >= 4 is 34.7 Å². The Balaban J connectivity index is 1.62. The first-order chi connectivity index (χ1) is 15.1. The lowest BCUT2D eigenvalue weighted by Gasteiger charge is -2.16. The van der Waals surface area contributed by atoms with E-state index in [1.807, 2.05) is 0 Å². The number of aromatic nitrogens is 7. The molecular formula is C17H13ClF3N9O2. The first-order valence-electron chi connectivity index (χ1n) is 8.87. The summed E-state index contributed by atoms with van der Waals surface area (Å²) < 4.78 is 41.8. The van der Waals surface area contributed by atoms with E-state index in [4.69, 9.17) is 11.6 Å². The summed E-state index contributed by atoms with van der Waals surface area (Å²) in [4.78, 5) is 21.0. The molecule has 2 amide bonds. The van der Waals surface area contributed by atoms with Gasteiger partial charge in [-0.25, -0.2) is 19.3 Å². The van der Waals surface area contributed by atoms with E-state index in [1.54, 1.807) is 0 Å². The molecule has 4 heterocycles. The molecule has 0 saturated heterocycles. The predicted octanol–water partition coefficient (Wildman–Crippen LogP) is 3.07. The molecular weight excluding hydrogens is 455 g/mol. The minimum absolute atomic E-state index is 0.0751. The largest absolute Gasteiger partial charge is 0.420 e. The first kappa shape index (κ1) is 21.5. The number of carbonyl (C=O) groups is 1. The maximum absolute atomic E-state index is 13.5. The molecule has 0 radical (unpaired) electrons. The van der Waals surface area contributed by atoms with Crippen LogP contribution in [-0.4, -0.2) is 45.7 Å². The zero-order valence-corrected chi connectivity index (χ0v) is 16.8. The lowest BCUT2D eigenvalue weighted by molar-refractivity contribution is -0.137. The number of nitrogens with one attached hydrogen (secondary N) is 2. The van der Waals surface area contributed by atoms with Gasteiger partial charge in [-0.05, 0) is 13.0 Å². The second kappa shape index (κ2) is 8.05. The Morgan fingerprint density at radius 2 is 1.88 bits per heavy atom. The van der Waals surface area contributed by atoms with Gasteiger partial charge >= 0.3 is 12.2 Å². The fourth-order valence-electron chi connectivity index (χ4n) is 2.93. The van der Waals surface area contributed by atoms with Crippen molar-refractivity contribution in [2.75, 3.05) is 10.6 Å². The molecule has 0 fully saturated rings. The number of hydrogen-bond donors (Lipinski definition) is 3. The van der Waals surface area contributed by atoms with E-state index in [0.717, 1.165) is 11.0 Å². The van der Waals surface area contributed by atoms with E-state index >= 15 is 0 Å². The van der Waals surface area contributed by atoms with Crippen molar-refractivity contribution in [1.82, 2.24) is 34.6 Å². The van der Waals surface area contributed by atoms with Crippen molar-refractivity contribution in [2.24, 2.45) is 0 Å². The zero-order valence-electron chi connectivity index (χ0n) is 16.0. The third-order valence-corrected chi connectivity index (χ3v) is 4.36. The number of aliphatic hydroxyl groups is 1. The molecule has 11 nitrogen and oxygen atoms in total. The zero-order chi connectivity index (χ0) is 23.0. The summed E-state index contributed by atoms with van der Waals surface area (Å²) in [7, 11) is 0. The molecule has 4 rings (SSSR count). The van der Waals surface area contributed by atoms with E-state index in [1.165, 1.54) is 36.1 Å². The van der Waals surface area contributed by atoms with Crippen LogP contribution in [0.1, 0.15) is 24.3 Å². The van der Waals surface area contributed by atoms with Crippen molar-refractivity contribution in [3.63, 3.8) is 0 Å². The number of nitrogens with zero attached hydrogens (tertiary/aromatic N) is 7. The molecule has 0 aliphatic heterocycles. The predicted molar refractivity (Wildman–Crippen MR) is 105 cm³/mol. The Bertz CT molecular complexity index is 1290. The molecule has 1 unspecified atom stereocenters. The van der Waals surface area contributed by atoms with Gasteiger partial charge < -0.3 is 15.7 Å². The molecule has 0 aliphatic rings. The summed E-state index contributed by atoms with van der Waals surface area (Å²) in [6, 6.07) is 1.26. The summed E-state index contributed by atoms with van der Waals surface area (Å²) >= 11 is 5.86. The Labute approximate surface area is 181 Å². The van der Waals surface area contributed by atoms with Crippen LogP contribution < -0.4 is 10.6 Å². The Hall–Kier alpha value is -3.78. The van der Waals surface area contributed by atoms with Crippen LogP contribution in [0.25, 0.3) is 11.5 Å². The van der Waals surface area contributed by atoms with E-state index < -0.39 is 29.7 Å². The number of alkyl halides is 3. The third-order valence-electron chi connectivity index (χ3n) is 4.17. The number of rotatable bonds is 4. The van der Waals surface area contributed by atoms with Gasteiger partial charge in [0.15, 0.2) is 16.6 Å². The fourth-order valence-corrected chi connectivity index (χ4v) is 3.10. The van der Waals surface area contributed by atoms with Gasteiger partial charge in [-0.2, -0.15) is 28.5 Å². The Morgan fingerprint density at radius 3 is 2.53 bits per heavy atom. The molecule has 3 N–H and O–H groups in total. The van der Waals surface area contributed by atoms with Gasteiger partial charge in [0.25, 0.3) is 0 Å². The van der Waals surface area contributed by atoms with Crippen LogP contribution in [0.2, 0.25) is 5.15 Å². The van der Waals surface area contributed by atoms with Crippen LogP contribution >= 0.6 is 11.6 Å². The molecule has 0 bridgehead atoms. The second-order valence-electron chi connectivity index (χ2n) is 6.46. The number of aliphatic hydroxyl groups excluding tert-OH is 1. The molecule has 1 atom stereocenters. The maximum Gasteiger partial charge on any atom is 0.420 e. The molecule has 4 aromatic rings. The van der Waals surface area contributed by atoms with Crippen molar-refractivity contribution in [3.05, 3.63) is 53.3 Å². The number of pyridine rings is 1. The van der Waals surface area contributed by atoms with Crippen LogP contribution in [0.5, 0.6) is 0 Å². The van der Waals surface area contributed by atoms with Gasteiger partial charge in [-0.1, -0.05) is 11.6 Å². The molecule has 32 heavy (non-hydrogen) atoms. The smallest absolute Gasteiger partial charge is 0.387 e. The highest BCUT2D eigenvalue weighted by molar-refractivity contribution is 6.29. The molecule has 4 aromatic heterocycles. The van der Waals surface area contributed by atoms with Crippen molar-refractivity contribution in [1.29, 1.82) is 0 Å². The summed E-state index contributed by atoms with van der Waals surface area (Å²) in [5, 5.41) is 26.2. The highest BCUT2D eigenvalue weighted by Gasteiger charge is 2.36. The molecule has 0 spiro atoms. The normalized spacial score (nSPS) is 12.7. The lowest BCUT2D eigenvalue weighted by atomic mass is 10.2. The van der Waals surface area contributed by atoms with Gasteiger partial charge in [0.05, 0.1) is 48.0 Å². The summed E-state index contributed by atoms with van der Waals surface area (Å²) in [6.45, 7) is 1.44. The number of hydrogen-bond acceptors (Lipinski definition) is 7. The van der Waals surface area contributed by atoms with E-state index in [2.05, 4.69) is 35.9 Å². The number of halogens is 4. The average molecular weight is 468 g/mol. The van der Waals surface area contributed by atoms with E-state index in [9.17, 15) is 23.1 Å². The van der Waals surface area contributed by atoms with E-state index in [0.29, 0.717) is 11.7 Å². The topological polar surface area (TPSA) is 135 Å². The quantitative estimate of drug-likeness (QED) is 0.419. The second-order valence-corrected chi connectivity index (χ2v) is 6.85. The first-order valence-corrected chi connectivity index (χ1v) is 9.25. The van der Waals surface area contributed by atoms with Crippen LogP contribution in [0.15, 0.2) is 36.9 Å². The van der Waals surface area contributed by atoms with Crippen LogP contribution in [0.4, 0.5) is 29.3 Å².